The maximum absolute atomic E-state index is 13.5. The molecular formula is C13H8F2N2. The summed E-state index contributed by atoms with van der Waals surface area (Å²) in [5, 5.41) is 8.96. The first-order valence-corrected chi connectivity index (χ1v) is 4.92. The third-order valence-electron chi connectivity index (χ3n) is 2.27. The molecule has 2 nitrogen and oxygen atoms in total. The monoisotopic (exact) mass is 230 g/mol. The second kappa shape index (κ2) is 4.62. The van der Waals surface area contributed by atoms with Crippen LogP contribution in [0.15, 0.2) is 36.5 Å². The lowest BCUT2D eigenvalue weighted by atomic mass is 10.0. The van der Waals surface area contributed by atoms with Crippen LogP contribution >= 0.6 is 0 Å². The Bertz CT molecular complexity index is 572. The smallest absolute Gasteiger partial charge is 0.134 e. The van der Waals surface area contributed by atoms with Crippen LogP contribution < -0.4 is 0 Å². The van der Waals surface area contributed by atoms with Gasteiger partial charge in [0.25, 0.3) is 0 Å². The molecule has 0 bridgehead atoms. The molecule has 2 rings (SSSR count). The van der Waals surface area contributed by atoms with E-state index in [1.54, 1.807) is 24.4 Å². The van der Waals surface area contributed by atoms with Gasteiger partial charge in [-0.15, -0.1) is 0 Å². The van der Waals surface area contributed by atoms with E-state index in [1.165, 1.54) is 12.1 Å². The van der Waals surface area contributed by atoms with E-state index in [9.17, 15) is 8.78 Å². The van der Waals surface area contributed by atoms with Gasteiger partial charge < -0.3 is 4.98 Å². The largest absolute Gasteiger partial charge is 0.362 e. The average molecular weight is 230 g/mol. The Labute approximate surface area is 96.8 Å². The number of aromatic amines is 1. The van der Waals surface area contributed by atoms with Crippen LogP contribution in [0.4, 0.5) is 8.78 Å². The second-order valence-electron chi connectivity index (χ2n) is 3.39. The van der Waals surface area contributed by atoms with Crippen molar-refractivity contribution in [1.82, 2.24) is 4.98 Å². The molecule has 0 amide bonds. The normalized spacial score (nSPS) is 11.2. The summed E-state index contributed by atoms with van der Waals surface area (Å²) in [5.74, 6) is -1.49. The zero-order valence-corrected chi connectivity index (χ0v) is 8.74. The highest BCUT2D eigenvalue weighted by Gasteiger charge is 2.13. The highest BCUT2D eigenvalue weighted by Crippen LogP contribution is 2.23. The molecule has 0 aliphatic rings. The molecule has 1 heterocycles. The van der Waals surface area contributed by atoms with Crippen LogP contribution in [0.3, 0.4) is 0 Å². The van der Waals surface area contributed by atoms with E-state index in [2.05, 4.69) is 4.98 Å². The van der Waals surface area contributed by atoms with E-state index < -0.39 is 11.6 Å². The number of allylic oxidation sites excluding steroid dienone is 1. The molecule has 1 N–H and O–H groups in total. The quantitative estimate of drug-likeness (QED) is 0.789. The molecule has 0 unspecified atom stereocenters. The first kappa shape index (κ1) is 11.1. The number of aromatic nitrogens is 1. The van der Waals surface area contributed by atoms with Gasteiger partial charge in [-0.05, 0) is 30.3 Å². The number of H-pyrrole nitrogens is 1. The number of rotatable bonds is 2. The minimum absolute atomic E-state index is 0.0527. The molecule has 0 atom stereocenters. The summed E-state index contributed by atoms with van der Waals surface area (Å²) in [6.07, 6.45) is 3.07. The van der Waals surface area contributed by atoms with Crippen molar-refractivity contribution in [3.8, 4) is 6.07 Å². The zero-order chi connectivity index (χ0) is 12.3. The van der Waals surface area contributed by atoms with Crippen molar-refractivity contribution in [2.24, 2.45) is 0 Å². The third-order valence-corrected chi connectivity index (χ3v) is 2.27. The lowest BCUT2D eigenvalue weighted by molar-refractivity contribution is 0.578. The molecule has 0 aliphatic carbocycles. The summed E-state index contributed by atoms with van der Waals surface area (Å²) < 4.78 is 26.9. The van der Waals surface area contributed by atoms with Gasteiger partial charge in [0.2, 0.25) is 0 Å². The first-order valence-electron chi connectivity index (χ1n) is 4.92. The van der Waals surface area contributed by atoms with E-state index in [1.807, 2.05) is 0 Å². The number of halogens is 2. The molecule has 84 valence electrons. The molecule has 0 saturated carbocycles. The van der Waals surface area contributed by atoms with E-state index in [4.69, 9.17) is 5.26 Å². The van der Waals surface area contributed by atoms with E-state index in [0.717, 1.165) is 12.1 Å². The van der Waals surface area contributed by atoms with Crippen molar-refractivity contribution in [3.05, 3.63) is 59.4 Å². The van der Waals surface area contributed by atoms with E-state index in [-0.39, 0.29) is 11.1 Å². The highest BCUT2D eigenvalue weighted by atomic mass is 19.1. The number of nitrogens with zero attached hydrogens (tertiary/aromatic N) is 1. The molecule has 1 aromatic carbocycles. The van der Waals surface area contributed by atoms with Gasteiger partial charge in [0.05, 0.1) is 11.1 Å². The molecule has 17 heavy (non-hydrogen) atoms. The van der Waals surface area contributed by atoms with Gasteiger partial charge >= 0.3 is 0 Å². The summed E-state index contributed by atoms with van der Waals surface area (Å²) in [6, 6.07) is 8.75. The van der Waals surface area contributed by atoms with Gasteiger partial charge in [0.15, 0.2) is 0 Å². The summed E-state index contributed by atoms with van der Waals surface area (Å²) in [7, 11) is 0. The van der Waals surface area contributed by atoms with Crippen LogP contribution in [0, 0.1) is 23.0 Å². The van der Waals surface area contributed by atoms with Crippen molar-refractivity contribution in [2.75, 3.05) is 0 Å². The predicted octanol–water partition coefficient (Wildman–Crippen LogP) is 3.36. The first-order chi connectivity index (χ1) is 8.22. The molecule has 4 heteroatoms. The van der Waals surface area contributed by atoms with Gasteiger partial charge in [-0.25, -0.2) is 8.78 Å². The number of nitriles is 1. The van der Waals surface area contributed by atoms with E-state index >= 15 is 0 Å². The summed E-state index contributed by atoms with van der Waals surface area (Å²) in [5.41, 5.74) is 0.261. The van der Waals surface area contributed by atoms with E-state index in [0.29, 0.717) is 5.69 Å². The number of nitrogens with one attached hydrogen (secondary N) is 1. The highest BCUT2D eigenvalue weighted by molar-refractivity contribution is 5.89. The lowest BCUT2D eigenvalue weighted by Gasteiger charge is -2.02. The van der Waals surface area contributed by atoms with Crippen LogP contribution in [0.25, 0.3) is 11.6 Å². The van der Waals surface area contributed by atoms with Gasteiger partial charge in [0, 0.05) is 11.9 Å². The van der Waals surface area contributed by atoms with Crippen molar-refractivity contribution in [1.29, 1.82) is 5.26 Å². The minimum atomic E-state index is -0.746. The Morgan fingerprint density at radius 1 is 1.18 bits per heavy atom. The standard InChI is InChI=1S/C13H8F2N2/c14-11-4-1-5-12(15)13(11)9(8-16)7-10-3-2-6-17-10/h1-7,17H/b9-7+. The second-order valence-corrected chi connectivity index (χ2v) is 3.39. The maximum Gasteiger partial charge on any atom is 0.134 e. The van der Waals surface area contributed by atoms with Crippen molar-refractivity contribution in [3.63, 3.8) is 0 Å². The number of benzene rings is 1. The SMILES string of the molecule is N#C/C(=C\c1ccc[nH]1)c1c(F)cccc1F. The Balaban J connectivity index is 2.54. The summed E-state index contributed by atoms with van der Waals surface area (Å²) >= 11 is 0. The predicted molar refractivity (Wildman–Crippen MR) is 60.6 cm³/mol. The lowest BCUT2D eigenvalue weighted by Crippen LogP contribution is -1.93. The van der Waals surface area contributed by atoms with Crippen LogP contribution in [0.5, 0.6) is 0 Å². The maximum atomic E-state index is 13.5. The van der Waals surface area contributed by atoms with Crippen molar-refractivity contribution >= 4 is 11.6 Å². The molecule has 0 aliphatic heterocycles. The van der Waals surface area contributed by atoms with Gasteiger partial charge in [0.1, 0.15) is 17.7 Å². The Morgan fingerprint density at radius 3 is 2.41 bits per heavy atom. The molecule has 0 fully saturated rings. The molecular weight excluding hydrogens is 222 g/mol. The minimum Gasteiger partial charge on any atom is -0.362 e. The van der Waals surface area contributed by atoms with Crippen LogP contribution in [0.2, 0.25) is 0 Å². The molecule has 0 radical (unpaired) electrons. The fourth-order valence-corrected chi connectivity index (χ4v) is 1.50. The fraction of sp³-hybridized carbons (Fsp3) is 0. The van der Waals surface area contributed by atoms with Crippen LogP contribution in [-0.4, -0.2) is 4.98 Å². The number of hydrogen-bond donors (Lipinski definition) is 1. The zero-order valence-electron chi connectivity index (χ0n) is 8.74. The van der Waals surface area contributed by atoms with Crippen LogP contribution in [0.1, 0.15) is 11.3 Å². The van der Waals surface area contributed by atoms with Crippen LogP contribution in [-0.2, 0) is 0 Å². The molecule has 2 aromatic rings. The summed E-state index contributed by atoms with van der Waals surface area (Å²) in [6.45, 7) is 0. The molecule has 0 spiro atoms. The molecule has 0 saturated heterocycles. The Hall–Kier alpha value is -2.41. The van der Waals surface area contributed by atoms with Gasteiger partial charge in [-0.3, -0.25) is 0 Å². The number of hydrogen-bond acceptors (Lipinski definition) is 1. The van der Waals surface area contributed by atoms with Gasteiger partial charge in [-0.2, -0.15) is 5.26 Å². The van der Waals surface area contributed by atoms with Gasteiger partial charge in [-0.1, -0.05) is 6.07 Å². The van der Waals surface area contributed by atoms with Crippen molar-refractivity contribution in [2.45, 2.75) is 0 Å². The van der Waals surface area contributed by atoms with Crippen molar-refractivity contribution < 1.29 is 8.78 Å². The summed E-state index contributed by atoms with van der Waals surface area (Å²) in [4.78, 5) is 2.84. The average Bonchev–Trinajstić information content (AvgIpc) is 2.80. The fourth-order valence-electron chi connectivity index (χ4n) is 1.50. The molecule has 1 aromatic heterocycles. The topological polar surface area (TPSA) is 39.6 Å². The Kier molecular flexibility index (Phi) is 3.01. The Morgan fingerprint density at radius 2 is 1.88 bits per heavy atom. The third kappa shape index (κ3) is 2.23.